The van der Waals surface area contributed by atoms with Crippen molar-refractivity contribution >= 4 is 11.6 Å². The van der Waals surface area contributed by atoms with Crippen molar-refractivity contribution < 1.29 is 0 Å². The highest BCUT2D eigenvalue weighted by Crippen LogP contribution is 2.32. The number of nitrogens with two attached hydrogens (primary N) is 1. The first-order chi connectivity index (χ1) is 6.53. The highest BCUT2D eigenvalue weighted by atomic mass is 35.5. The van der Waals surface area contributed by atoms with Crippen molar-refractivity contribution in [2.75, 3.05) is 0 Å². The van der Waals surface area contributed by atoms with E-state index in [1.54, 1.807) is 0 Å². The largest absolute Gasteiger partial charge is 0.321 e. The predicted octanol–water partition coefficient (Wildman–Crippen LogP) is 3.62. The molecule has 2 heteroatoms. The average Bonchev–Trinajstić information content (AvgIpc) is 2.20. The lowest BCUT2D eigenvalue weighted by Crippen LogP contribution is -2.35. The molecular weight excluding hydrogens is 194 g/mol. The SMILES string of the molecule is CCC(N)(CC)c1cc(C)ccc1Cl. The monoisotopic (exact) mass is 211 g/mol. The maximum atomic E-state index is 6.30. The molecule has 0 unspecified atom stereocenters. The van der Waals surface area contributed by atoms with Crippen LogP contribution in [0.3, 0.4) is 0 Å². The van der Waals surface area contributed by atoms with E-state index in [2.05, 4.69) is 26.8 Å². The van der Waals surface area contributed by atoms with Gasteiger partial charge in [0.2, 0.25) is 0 Å². The van der Waals surface area contributed by atoms with Gasteiger partial charge < -0.3 is 5.73 Å². The van der Waals surface area contributed by atoms with Gasteiger partial charge in [0.05, 0.1) is 0 Å². The summed E-state index contributed by atoms with van der Waals surface area (Å²) in [7, 11) is 0. The Balaban J connectivity index is 3.22. The van der Waals surface area contributed by atoms with Crippen LogP contribution in [0.25, 0.3) is 0 Å². The summed E-state index contributed by atoms with van der Waals surface area (Å²) >= 11 is 6.16. The van der Waals surface area contributed by atoms with Gasteiger partial charge in [-0.15, -0.1) is 0 Å². The van der Waals surface area contributed by atoms with Crippen LogP contribution in [-0.4, -0.2) is 0 Å². The molecule has 78 valence electrons. The van der Waals surface area contributed by atoms with Crippen molar-refractivity contribution in [3.8, 4) is 0 Å². The first-order valence-electron chi connectivity index (χ1n) is 5.09. The number of aryl methyl sites for hydroxylation is 1. The molecule has 0 aromatic heterocycles. The molecule has 0 saturated heterocycles. The van der Waals surface area contributed by atoms with E-state index in [-0.39, 0.29) is 5.54 Å². The van der Waals surface area contributed by atoms with Crippen LogP contribution in [0.4, 0.5) is 0 Å². The summed E-state index contributed by atoms with van der Waals surface area (Å²) in [5, 5.41) is 0.779. The summed E-state index contributed by atoms with van der Waals surface area (Å²) in [5.74, 6) is 0. The highest BCUT2D eigenvalue weighted by molar-refractivity contribution is 6.31. The summed E-state index contributed by atoms with van der Waals surface area (Å²) in [6, 6.07) is 6.03. The molecule has 0 atom stereocenters. The van der Waals surface area contributed by atoms with E-state index in [4.69, 9.17) is 17.3 Å². The van der Waals surface area contributed by atoms with E-state index in [0.717, 1.165) is 23.4 Å². The lowest BCUT2D eigenvalue weighted by molar-refractivity contribution is 0.413. The van der Waals surface area contributed by atoms with Crippen molar-refractivity contribution in [1.29, 1.82) is 0 Å². The second-order valence-electron chi connectivity index (χ2n) is 3.85. The molecule has 0 aliphatic carbocycles. The minimum atomic E-state index is -0.275. The molecular formula is C12H18ClN. The van der Waals surface area contributed by atoms with Crippen LogP contribution in [-0.2, 0) is 5.54 Å². The van der Waals surface area contributed by atoms with E-state index in [1.807, 2.05) is 12.1 Å². The van der Waals surface area contributed by atoms with Crippen molar-refractivity contribution in [2.45, 2.75) is 39.2 Å². The topological polar surface area (TPSA) is 26.0 Å². The Labute approximate surface area is 91.3 Å². The molecule has 1 aromatic carbocycles. The van der Waals surface area contributed by atoms with Crippen molar-refractivity contribution in [3.05, 3.63) is 34.3 Å². The molecule has 0 spiro atoms. The van der Waals surface area contributed by atoms with Gasteiger partial charge in [-0.2, -0.15) is 0 Å². The van der Waals surface area contributed by atoms with E-state index >= 15 is 0 Å². The Bertz CT molecular complexity index is 316. The normalized spacial score (nSPS) is 11.8. The fraction of sp³-hybridized carbons (Fsp3) is 0.500. The number of hydrogen-bond acceptors (Lipinski definition) is 1. The molecule has 14 heavy (non-hydrogen) atoms. The van der Waals surface area contributed by atoms with Crippen LogP contribution in [0, 0.1) is 6.92 Å². The zero-order chi connectivity index (χ0) is 10.8. The number of benzene rings is 1. The molecule has 0 aliphatic heterocycles. The van der Waals surface area contributed by atoms with Gasteiger partial charge in [-0.25, -0.2) is 0 Å². The molecule has 0 heterocycles. The van der Waals surface area contributed by atoms with E-state index < -0.39 is 0 Å². The molecule has 0 saturated carbocycles. The maximum absolute atomic E-state index is 6.30. The molecule has 0 aliphatic rings. The molecule has 0 amide bonds. The third-order valence-corrected chi connectivity index (χ3v) is 3.25. The molecule has 0 bridgehead atoms. The average molecular weight is 212 g/mol. The van der Waals surface area contributed by atoms with Gasteiger partial charge in [0, 0.05) is 10.6 Å². The number of rotatable bonds is 3. The first kappa shape index (κ1) is 11.5. The van der Waals surface area contributed by atoms with E-state index in [9.17, 15) is 0 Å². The van der Waals surface area contributed by atoms with Crippen molar-refractivity contribution in [1.82, 2.24) is 0 Å². The summed E-state index contributed by atoms with van der Waals surface area (Å²) in [5.41, 5.74) is 8.31. The smallest absolute Gasteiger partial charge is 0.0456 e. The first-order valence-corrected chi connectivity index (χ1v) is 5.46. The standard InChI is InChI=1S/C12H18ClN/c1-4-12(14,5-2)10-8-9(3)6-7-11(10)13/h6-8H,4-5,14H2,1-3H3. The number of hydrogen-bond donors (Lipinski definition) is 1. The second-order valence-corrected chi connectivity index (χ2v) is 4.25. The summed E-state index contributed by atoms with van der Waals surface area (Å²) in [6.45, 7) is 6.26. The van der Waals surface area contributed by atoms with Crippen LogP contribution in [0.1, 0.15) is 37.8 Å². The van der Waals surface area contributed by atoms with Crippen molar-refractivity contribution in [2.24, 2.45) is 5.73 Å². The summed E-state index contributed by atoms with van der Waals surface area (Å²) in [6.07, 6.45) is 1.82. The van der Waals surface area contributed by atoms with Crippen LogP contribution in [0.15, 0.2) is 18.2 Å². The van der Waals surface area contributed by atoms with Gasteiger partial charge in [0.1, 0.15) is 0 Å². The molecule has 2 N–H and O–H groups in total. The minimum Gasteiger partial charge on any atom is -0.321 e. The Morgan fingerprint density at radius 1 is 1.29 bits per heavy atom. The minimum absolute atomic E-state index is 0.275. The summed E-state index contributed by atoms with van der Waals surface area (Å²) in [4.78, 5) is 0. The fourth-order valence-electron chi connectivity index (χ4n) is 1.65. The van der Waals surface area contributed by atoms with E-state index in [1.165, 1.54) is 5.56 Å². The van der Waals surface area contributed by atoms with Gasteiger partial charge in [-0.05, 0) is 31.4 Å². The van der Waals surface area contributed by atoms with Crippen LogP contribution < -0.4 is 5.73 Å². The fourth-order valence-corrected chi connectivity index (χ4v) is 1.96. The third kappa shape index (κ3) is 2.10. The van der Waals surface area contributed by atoms with Gasteiger partial charge in [-0.1, -0.05) is 43.1 Å². The van der Waals surface area contributed by atoms with Crippen LogP contribution >= 0.6 is 11.6 Å². The van der Waals surface area contributed by atoms with Gasteiger partial charge in [0.25, 0.3) is 0 Å². The lowest BCUT2D eigenvalue weighted by atomic mass is 9.85. The molecule has 0 radical (unpaired) electrons. The van der Waals surface area contributed by atoms with Crippen molar-refractivity contribution in [3.63, 3.8) is 0 Å². The Kier molecular flexibility index (Phi) is 3.57. The Hall–Kier alpha value is -0.530. The highest BCUT2D eigenvalue weighted by Gasteiger charge is 2.25. The second kappa shape index (κ2) is 4.33. The van der Waals surface area contributed by atoms with E-state index in [0.29, 0.717) is 0 Å². The summed E-state index contributed by atoms with van der Waals surface area (Å²) < 4.78 is 0. The Morgan fingerprint density at radius 2 is 1.86 bits per heavy atom. The number of halogens is 1. The third-order valence-electron chi connectivity index (χ3n) is 2.92. The molecule has 1 aromatic rings. The predicted molar refractivity (Wildman–Crippen MR) is 62.6 cm³/mol. The maximum Gasteiger partial charge on any atom is 0.0456 e. The quantitative estimate of drug-likeness (QED) is 0.812. The molecule has 1 nitrogen and oxygen atoms in total. The zero-order valence-corrected chi connectivity index (χ0v) is 9.86. The molecule has 1 rings (SSSR count). The Morgan fingerprint density at radius 3 is 2.36 bits per heavy atom. The lowest BCUT2D eigenvalue weighted by Gasteiger charge is -2.28. The van der Waals surface area contributed by atoms with Gasteiger partial charge in [-0.3, -0.25) is 0 Å². The van der Waals surface area contributed by atoms with Gasteiger partial charge >= 0.3 is 0 Å². The van der Waals surface area contributed by atoms with Gasteiger partial charge in [0.15, 0.2) is 0 Å². The zero-order valence-electron chi connectivity index (χ0n) is 9.10. The van der Waals surface area contributed by atoms with Crippen LogP contribution in [0.5, 0.6) is 0 Å². The van der Waals surface area contributed by atoms with Crippen LogP contribution in [0.2, 0.25) is 5.02 Å². The molecule has 0 fully saturated rings.